The lowest BCUT2D eigenvalue weighted by molar-refractivity contribution is 0.109. The Morgan fingerprint density at radius 3 is 2.80 bits per heavy atom. The first-order valence-corrected chi connectivity index (χ1v) is 4.97. The molecule has 0 heterocycles. The lowest BCUT2D eigenvalue weighted by Crippen LogP contribution is -2.10. The van der Waals surface area contributed by atoms with Crippen LogP contribution in [0.2, 0.25) is 0 Å². The van der Waals surface area contributed by atoms with E-state index < -0.39 is 0 Å². The Morgan fingerprint density at radius 2 is 2.13 bits per heavy atom. The van der Waals surface area contributed by atoms with E-state index in [0.29, 0.717) is 31.1 Å². The molecule has 2 N–H and O–H groups in total. The zero-order chi connectivity index (χ0) is 11.1. The molecule has 0 aliphatic carbocycles. The van der Waals surface area contributed by atoms with Crippen molar-refractivity contribution in [3.05, 3.63) is 29.6 Å². The number of benzene rings is 1. The van der Waals surface area contributed by atoms with Crippen LogP contribution in [-0.4, -0.2) is 19.8 Å². The van der Waals surface area contributed by atoms with Crippen molar-refractivity contribution in [3.8, 4) is 5.75 Å². The van der Waals surface area contributed by atoms with E-state index in [-0.39, 0.29) is 12.4 Å². The van der Waals surface area contributed by atoms with E-state index in [1.54, 1.807) is 12.1 Å². The van der Waals surface area contributed by atoms with Gasteiger partial charge in [0.1, 0.15) is 18.2 Å². The molecule has 1 rings (SSSR count). The molecular formula is C11H16FNO2. The van der Waals surface area contributed by atoms with Crippen LogP contribution in [0.5, 0.6) is 5.75 Å². The number of nitrogens with two attached hydrogens (primary N) is 1. The molecule has 0 aromatic heterocycles. The second kappa shape index (κ2) is 6.37. The van der Waals surface area contributed by atoms with Crippen LogP contribution in [0.4, 0.5) is 4.39 Å². The van der Waals surface area contributed by atoms with E-state index in [1.165, 1.54) is 6.07 Å². The summed E-state index contributed by atoms with van der Waals surface area (Å²) in [6.45, 7) is 3.60. The van der Waals surface area contributed by atoms with Crippen molar-refractivity contribution in [1.82, 2.24) is 0 Å². The largest absolute Gasteiger partial charge is 0.491 e. The van der Waals surface area contributed by atoms with Gasteiger partial charge in [-0.3, -0.25) is 0 Å². The molecule has 0 radical (unpaired) electrons. The fourth-order valence-electron chi connectivity index (χ4n) is 1.23. The lowest BCUT2D eigenvalue weighted by atomic mass is 10.2. The molecule has 0 bridgehead atoms. The average Bonchev–Trinajstić information content (AvgIpc) is 2.24. The van der Waals surface area contributed by atoms with Crippen LogP contribution in [0.25, 0.3) is 0 Å². The zero-order valence-corrected chi connectivity index (χ0v) is 8.83. The van der Waals surface area contributed by atoms with Crippen LogP contribution < -0.4 is 10.5 Å². The predicted molar refractivity (Wildman–Crippen MR) is 56.3 cm³/mol. The number of hydrogen-bond acceptors (Lipinski definition) is 3. The summed E-state index contributed by atoms with van der Waals surface area (Å²) in [6.07, 6.45) is 0. The van der Waals surface area contributed by atoms with Crippen LogP contribution in [-0.2, 0) is 11.3 Å². The molecule has 0 aliphatic rings. The van der Waals surface area contributed by atoms with E-state index >= 15 is 0 Å². The molecule has 4 heteroatoms. The van der Waals surface area contributed by atoms with Gasteiger partial charge in [0, 0.05) is 18.7 Å². The van der Waals surface area contributed by atoms with E-state index in [1.807, 2.05) is 6.92 Å². The number of ether oxygens (including phenoxy) is 2. The Balaban J connectivity index is 2.56. The molecule has 0 saturated heterocycles. The maximum atomic E-state index is 13.2. The summed E-state index contributed by atoms with van der Waals surface area (Å²) < 4.78 is 23.7. The summed E-state index contributed by atoms with van der Waals surface area (Å²) in [6, 6.07) is 4.68. The second-order valence-electron chi connectivity index (χ2n) is 2.97. The Bertz CT molecular complexity index is 305. The van der Waals surface area contributed by atoms with Gasteiger partial charge in [-0.25, -0.2) is 4.39 Å². The molecule has 0 saturated carbocycles. The number of rotatable bonds is 6. The van der Waals surface area contributed by atoms with Gasteiger partial charge in [-0.05, 0) is 19.1 Å². The van der Waals surface area contributed by atoms with Gasteiger partial charge in [-0.1, -0.05) is 6.07 Å². The topological polar surface area (TPSA) is 44.5 Å². The highest BCUT2D eigenvalue weighted by Gasteiger charge is 2.07. The smallest absolute Gasteiger partial charge is 0.131 e. The first-order valence-electron chi connectivity index (χ1n) is 4.97. The summed E-state index contributed by atoms with van der Waals surface area (Å²) in [5, 5.41) is 0. The fraction of sp³-hybridized carbons (Fsp3) is 0.455. The minimum Gasteiger partial charge on any atom is -0.491 e. The van der Waals surface area contributed by atoms with Crippen LogP contribution in [0.3, 0.4) is 0 Å². The van der Waals surface area contributed by atoms with Gasteiger partial charge in [0.05, 0.1) is 6.61 Å². The zero-order valence-electron chi connectivity index (χ0n) is 8.83. The molecule has 0 amide bonds. The van der Waals surface area contributed by atoms with Crippen LogP contribution in [0.15, 0.2) is 18.2 Å². The van der Waals surface area contributed by atoms with Crippen molar-refractivity contribution in [1.29, 1.82) is 0 Å². The molecule has 3 nitrogen and oxygen atoms in total. The third-order valence-electron chi connectivity index (χ3n) is 1.97. The summed E-state index contributed by atoms with van der Waals surface area (Å²) >= 11 is 0. The van der Waals surface area contributed by atoms with Gasteiger partial charge in [-0.2, -0.15) is 0 Å². The molecule has 0 atom stereocenters. The normalized spacial score (nSPS) is 10.3. The Labute approximate surface area is 89.0 Å². The number of hydrogen-bond donors (Lipinski definition) is 1. The van der Waals surface area contributed by atoms with E-state index in [2.05, 4.69) is 0 Å². The molecule has 15 heavy (non-hydrogen) atoms. The summed E-state index contributed by atoms with van der Waals surface area (Å²) in [4.78, 5) is 0. The fourth-order valence-corrected chi connectivity index (χ4v) is 1.23. The summed E-state index contributed by atoms with van der Waals surface area (Å²) in [7, 11) is 0. The standard InChI is InChI=1S/C11H16FNO2/c1-2-14-6-7-15-11-5-3-4-10(12)9(11)8-13/h3-5H,2,6-8,13H2,1H3. The minimum atomic E-state index is -0.327. The quantitative estimate of drug-likeness (QED) is 0.731. The molecule has 84 valence electrons. The van der Waals surface area contributed by atoms with Crippen LogP contribution in [0, 0.1) is 5.82 Å². The van der Waals surface area contributed by atoms with E-state index in [4.69, 9.17) is 15.2 Å². The van der Waals surface area contributed by atoms with E-state index in [9.17, 15) is 4.39 Å². The monoisotopic (exact) mass is 213 g/mol. The third kappa shape index (κ3) is 3.49. The third-order valence-corrected chi connectivity index (χ3v) is 1.97. The Morgan fingerprint density at radius 1 is 1.33 bits per heavy atom. The van der Waals surface area contributed by atoms with Gasteiger partial charge in [0.2, 0.25) is 0 Å². The Kier molecular flexibility index (Phi) is 5.07. The van der Waals surface area contributed by atoms with Crippen molar-refractivity contribution in [2.45, 2.75) is 13.5 Å². The highest BCUT2D eigenvalue weighted by atomic mass is 19.1. The van der Waals surface area contributed by atoms with Gasteiger partial charge < -0.3 is 15.2 Å². The maximum absolute atomic E-state index is 13.2. The molecule has 1 aromatic carbocycles. The van der Waals surface area contributed by atoms with E-state index in [0.717, 1.165) is 0 Å². The van der Waals surface area contributed by atoms with Crippen molar-refractivity contribution >= 4 is 0 Å². The summed E-state index contributed by atoms with van der Waals surface area (Å²) in [5.41, 5.74) is 5.84. The first-order chi connectivity index (χ1) is 7.29. The molecule has 1 aromatic rings. The van der Waals surface area contributed by atoms with Gasteiger partial charge in [-0.15, -0.1) is 0 Å². The number of halogens is 1. The molecule has 0 spiro atoms. The maximum Gasteiger partial charge on any atom is 0.131 e. The minimum absolute atomic E-state index is 0.136. The summed E-state index contributed by atoms with van der Waals surface area (Å²) in [5.74, 6) is 0.170. The highest BCUT2D eigenvalue weighted by Crippen LogP contribution is 2.20. The molecular weight excluding hydrogens is 197 g/mol. The van der Waals surface area contributed by atoms with Crippen molar-refractivity contribution in [2.24, 2.45) is 5.73 Å². The highest BCUT2D eigenvalue weighted by molar-refractivity contribution is 5.34. The van der Waals surface area contributed by atoms with Gasteiger partial charge in [0.15, 0.2) is 0 Å². The van der Waals surface area contributed by atoms with Crippen molar-refractivity contribution in [3.63, 3.8) is 0 Å². The van der Waals surface area contributed by atoms with Crippen molar-refractivity contribution < 1.29 is 13.9 Å². The molecule has 0 fully saturated rings. The Hall–Kier alpha value is -1.13. The van der Waals surface area contributed by atoms with Gasteiger partial charge in [0.25, 0.3) is 0 Å². The van der Waals surface area contributed by atoms with Gasteiger partial charge >= 0.3 is 0 Å². The first kappa shape index (κ1) is 11.9. The second-order valence-corrected chi connectivity index (χ2v) is 2.97. The SMILES string of the molecule is CCOCCOc1cccc(F)c1CN. The average molecular weight is 213 g/mol. The van der Waals surface area contributed by atoms with Crippen LogP contribution >= 0.6 is 0 Å². The lowest BCUT2D eigenvalue weighted by Gasteiger charge is -2.10. The predicted octanol–water partition coefficient (Wildman–Crippen LogP) is 1.70. The molecule has 0 unspecified atom stereocenters. The van der Waals surface area contributed by atoms with Crippen molar-refractivity contribution in [2.75, 3.05) is 19.8 Å². The molecule has 0 aliphatic heterocycles. The van der Waals surface area contributed by atoms with Crippen LogP contribution in [0.1, 0.15) is 12.5 Å².